The second-order valence-electron chi connectivity index (χ2n) is 6.17. The third kappa shape index (κ3) is 3.83. The number of aryl methyl sites for hydroxylation is 1. The fourth-order valence-electron chi connectivity index (χ4n) is 3.44. The van der Waals surface area contributed by atoms with Crippen LogP contribution < -0.4 is 0 Å². The van der Waals surface area contributed by atoms with Crippen molar-refractivity contribution in [2.45, 2.75) is 25.0 Å². The molecule has 3 heterocycles. The highest BCUT2D eigenvalue weighted by Gasteiger charge is 2.29. The van der Waals surface area contributed by atoms with Gasteiger partial charge in [0.05, 0.1) is 25.5 Å². The van der Waals surface area contributed by atoms with Crippen LogP contribution in [0.5, 0.6) is 0 Å². The van der Waals surface area contributed by atoms with Crippen LogP contribution in [0, 0.1) is 0 Å². The Labute approximate surface area is 126 Å². The molecule has 0 aliphatic carbocycles. The largest absolute Gasteiger partial charge is 0.390 e. The maximum Gasteiger partial charge on any atom is 0.0794 e. The first-order valence-electron chi connectivity index (χ1n) is 7.93. The summed E-state index contributed by atoms with van der Waals surface area (Å²) in [4.78, 5) is 4.70. The molecule has 0 radical (unpaired) electrons. The third-order valence-electron chi connectivity index (χ3n) is 4.49. The van der Waals surface area contributed by atoms with E-state index in [-0.39, 0.29) is 6.10 Å². The van der Waals surface area contributed by atoms with Crippen molar-refractivity contribution < 1.29 is 9.84 Å². The summed E-state index contributed by atoms with van der Waals surface area (Å²) in [5.74, 6) is 0. The lowest BCUT2D eigenvalue weighted by atomic mass is 10.1. The zero-order chi connectivity index (χ0) is 14.7. The molecule has 2 saturated heterocycles. The lowest BCUT2D eigenvalue weighted by Crippen LogP contribution is -2.44. The van der Waals surface area contributed by atoms with Gasteiger partial charge >= 0.3 is 0 Å². The van der Waals surface area contributed by atoms with E-state index in [9.17, 15) is 5.11 Å². The van der Waals surface area contributed by atoms with Crippen LogP contribution in [0.2, 0.25) is 0 Å². The van der Waals surface area contributed by atoms with E-state index < -0.39 is 0 Å². The standard InChI is InChI=1S/C15H26N4O2/c1-17-10-13(9-16-17)15-3-2-4-19(15)12-14(20)11-18-5-7-21-8-6-18/h9-10,14-15,20H,2-8,11-12H2,1H3/t14-,15-/m1/s1. The second kappa shape index (κ2) is 6.87. The van der Waals surface area contributed by atoms with Gasteiger partial charge in [0.2, 0.25) is 0 Å². The van der Waals surface area contributed by atoms with Gasteiger partial charge in [-0.1, -0.05) is 0 Å². The van der Waals surface area contributed by atoms with Gasteiger partial charge in [-0.2, -0.15) is 5.10 Å². The van der Waals surface area contributed by atoms with Crippen LogP contribution in [0.15, 0.2) is 12.4 Å². The minimum Gasteiger partial charge on any atom is -0.390 e. The molecular weight excluding hydrogens is 268 g/mol. The highest BCUT2D eigenvalue weighted by molar-refractivity contribution is 5.12. The number of ether oxygens (including phenoxy) is 1. The first-order valence-corrected chi connectivity index (χ1v) is 7.93. The van der Waals surface area contributed by atoms with Crippen LogP contribution in [0.25, 0.3) is 0 Å². The average molecular weight is 294 g/mol. The summed E-state index contributed by atoms with van der Waals surface area (Å²) >= 11 is 0. The molecule has 3 rings (SSSR count). The molecule has 0 bridgehead atoms. The Hall–Kier alpha value is -0.950. The highest BCUT2D eigenvalue weighted by atomic mass is 16.5. The van der Waals surface area contributed by atoms with Crippen molar-refractivity contribution in [1.82, 2.24) is 19.6 Å². The van der Waals surface area contributed by atoms with E-state index in [1.54, 1.807) is 0 Å². The van der Waals surface area contributed by atoms with E-state index in [2.05, 4.69) is 21.1 Å². The van der Waals surface area contributed by atoms with Gasteiger partial charge in [0.25, 0.3) is 0 Å². The summed E-state index contributed by atoms with van der Waals surface area (Å²) in [5, 5.41) is 14.7. The Balaban J connectivity index is 1.53. The van der Waals surface area contributed by atoms with E-state index in [1.807, 2.05) is 17.9 Å². The van der Waals surface area contributed by atoms with Crippen molar-refractivity contribution >= 4 is 0 Å². The molecule has 0 saturated carbocycles. The Morgan fingerprint density at radius 3 is 2.86 bits per heavy atom. The summed E-state index contributed by atoms with van der Waals surface area (Å²) in [7, 11) is 1.95. The van der Waals surface area contributed by atoms with Crippen molar-refractivity contribution in [3.63, 3.8) is 0 Å². The zero-order valence-electron chi connectivity index (χ0n) is 12.8. The number of nitrogens with zero attached hydrogens (tertiary/aromatic N) is 4. The predicted octanol–water partition coefficient (Wildman–Crippen LogP) is 0.250. The van der Waals surface area contributed by atoms with Gasteiger partial charge < -0.3 is 9.84 Å². The molecule has 118 valence electrons. The maximum absolute atomic E-state index is 10.4. The summed E-state index contributed by atoms with van der Waals surface area (Å²) in [5.41, 5.74) is 1.27. The van der Waals surface area contributed by atoms with Crippen molar-refractivity contribution in [2.75, 3.05) is 45.9 Å². The minimum atomic E-state index is -0.291. The zero-order valence-corrected chi connectivity index (χ0v) is 12.8. The molecule has 2 fully saturated rings. The van der Waals surface area contributed by atoms with Crippen LogP contribution in [0.4, 0.5) is 0 Å². The van der Waals surface area contributed by atoms with Crippen LogP contribution >= 0.6 is 0 Å². The maximum atomic E-state index is 10.4. The fraction of sp³-hybridized carbons (Fsp3) is 0.800. The molecule has 1 aromatic rings. The molecule has 2 aliphatic heterocycles. The van der Waals surface area contributed by atoms with Crippen molar-refractivity contribution in [2.24, 2.45) is 7.05 Å². The molecule has 6 heteroatoms. The SMILES string of the molecule is Cn1cc([C@H]2CCCN2C[C@H](O)CN2CCOCC2)cn1. The highest BCUT2D eigenvalue weighted by Crippen LogP contribution is 2.31. The number of rotatable bonds is 5. The molecule has 1 aromatic heterocycles. The van der Waals surface area contributed by atoms with Crippen LogP contribution in [0.3, 0.4) is 0 Å². The second-order valence-corrected chi connectivity index (χ2v) is 6.17. The smallest absolute Gasteiger partial charge is 0.0794 e. The van der Waals surface area contributed by atoms with E-state index >= 15 is 0 Å². The molecule has 0 spiro atoms. The first kappa shape index (κ1) is 15.0. The van der Waals surface area contributed by atoms with Gasteiger partial charge in [-0.3, -0.25) is 14.5 Å². The Morgan fingerprint density at radius 1 is 1.33 bits per heavy atom. The molecule has 0 aromatic carbocycles. The molecule has 2 atom stereocenters. The van der Waals surface area contributed by atoms with Gasteiger partial charge in [-0.05, 0) is 19.4 Å². The van der Waals surface area contributed by atoms with Gasteiger partial charge in [0.1, 0.15) is 0 Å². The summed E-state index contributed by atoms with van der Waals surface area (Å²) < 4.78 is 7.21. The van der Waals surface area contributed by atoms with Crippen LogP contribution in [0.1, 0.15) is 24.4 Å². The number of hydrogen-bond acceptors (Lipinski definition) is 5. The van der Waals surface area contributed by atoms with Crippen molar-refractivity contribution in [3.05, 3.63) is 18.0 Å². The number of likely N-dealkylation sites (tertiary alicyclic amines) is 1. The molecular formula is C15H26N4O2. The topological polar surface area (TPSA) is 53.8 Å². The van der Waals surface area contributed by atoms with Crippen LogP contribution in [-0.2, 0) is 11.8 Å². The quantitative estimate of drug-likeness (QED) is 0.844. The Bertz CT molecular complexity index is 445. The number of hydrogen-bond donors (Lipinski definition) is 1. The number of β-amino-alcohol motifs (C(OH)–C–C–N with tert-alkyl or cyclic N) is 1. The fourth-order valence-corrected chi connectivity index (χ4v) is 3.44. The number of aliphatic hydroxyl groups is 1. The summed E-state index contributed by atoms with van der Waals surface area (Å²) in [6, 6.07) is 0.415. The molecule has 2 aliphatic rings. The first-order chi connectivity index (χ1) is 10.2. The molecule has 6 nitrogen and oxygen atoms in total. The average Bonchev–Trinajstić information content (AvgIpc) is 3.08. The van der Waals surface area contributed by atoms with Crippen molar-refractivity contribution in [3.8, 4) is 0 Å². The van der Waals surface area contributed by atoms with E-state index in [0.29, 0.717) is 6.04 Å². The Morgan fingerprint density at radius 2 is 2.14 bits per heavy atom. The van der Waals surface area contributed by atoms with Crippen LogP contribution in [-0.4, -0.2) is 76.7 Å². The molecule has 0 amide bonds. The van der Waals surface area contributed by atoms with Gasteiger partial charge in [0, 0.05) is 51.0 Å². The van der Waals surface area contributed by atoms with E-state index in [0.717, 1.165) is 52.4 Å². The molecule has 21 heavy (non-hydrogen) atoms. The number of aromatic nitrogens is 2. The van der Waals surface area contributed by atoms with Gasteiger partial charge in [0.15, 0.2) is 0 Å². The van der Waals surface area contributed by atoms with Gasteiger partial charge in [-0.15, -0.1) is 0 Å². The lowest BCUT2D eigenvalue weighted by Gasteiger charge is -2.31. The normalized spacial score (nSPS) is 26.3. The molecule has 1 N–H and O–H groups in total. The number of morpholine rings is 1. The van der Waals surface area contributed by atoms with E-state index in [1.165, 1.54) is 12.0 Å². The van der Waals surface area contributed by atoms with Gasteiger partial charge in [-0.25, -0.2) is 0 Å². The Kier molecular flexibility index (Phi) is 4.90. The molecule has 0 unspecified atom stereocenters. The number of aliphatic hydroxyl groups excluding tert-OH is 1. The van der Waals surface area contributed by atoms with Crippen molar-refractivity contribution in [1.29, 1.82) is 0 Å². The minimum absolute atomic E-state index is 0.291. The lowest BCUT2D eigenvalue weighted by molar-refractivity contribution is 0.00585. The third-order valence-corrected chi connectivity index (χ3v) is 4.49. The predicted molar refractivity (Wildman–Crippen MR) is 80.0 cm³/mol. The summed E-state index contributed by atoms with van der Waals surface area (Å²) in [6.45, 7) is 6.01. The van der Waals surface area contributed by atoms with E-state index in [4.69, 9.17) is 4.74 Å². The monoisotopic (exact) mass is 294 g/mol. The summed E-state index contributed by atoms with van der Waals surface area (Å²) in [6.07, 6.45) is 6.12.